The van der Waals surface area contributed by atoms with Crippen molar-refractivity contribution < 1.29 is 9.47 Å². The summed E-state index contributed by atoms with van der Waals surface area (Å²) < 4.78 is 11.5. The Kier molecular flexibility index (Phi) is 8.85. The van der Waals surface area contributed by atoms with Gasteiger partial charge in [0.05, 0.1) is 13.2 Å². The summed E-state index contributed by atoms with van der Waals surface area (Å²) in [6.07, 6.45) is 8.93. The van der Waals surface area contributed by atoms with Crippen LogP contribution < -0.4 is 4.74 Å². The van der Waals surface area contributed by atoms with Crippen LogP contribution in [0.4, 0.5) is 0 Å². The van der Waals surface area contributed by atoms with Gasteiger partial charge in [0.25, 0.3) is 0 Å². The molecule has 0 aliphatic carbocycles. The van der Waals surface area contributed by atoms with Gasteiger partial charge < -0.3 is 9.47 Å². The molecule has 0 unspecified atom stereocenters. The fourth-order valence-electron chi connectivity index (χ4n) is 2.36. The summed E-state index contributed by atoms with van der Waals surface area (Å²) in [4.78, 5) is 2.28. The summed E-state index contributed by atoms with van der Waals surface area (Å²) in [6, 6.07) is 10.3. The van der Waals surface area contributed by atoms with E-state index in [2.05, 4.69) is 46.7 Å². The minimum Gasteiger partial charge on any atom is -0.491 e. The first-order valence-corrected chi connectivity index (χ1v) is 9.44. The highest BCUT2D eigenvalue weighted by atomic mass is 32.1. The Bertz CT molecular complexity index is 673. The van der Waals surface area contributed by atoms with Crippen molar-refractivity contribution in [3.8, 4) is 29.2 Å². The second kappa shape index (κ2) is 11.5. The van der Waals surface area contributed by atoms with Gasteiger partial charge in [-0.25, -0.2) is 0 Å². The van der Waals surface area contributed by atoms with E-state index in [9.17, 15) is 0 Å². The number of likely N-dealkylation sites (N-methyl/N-ethyl adjacent to an activating group) is 1. The molecule has 0 bridgehead atoms. The number of rotatable bonds is 11. The number of hydrogen-bond acceptors (Lipinski definition) is 4. The van der Waals surface area contributed by atoms with Gasteiger partial charge in [-0.15, -0.1) is 6.42 Å². The third kappa shape index (κ3) is 7.15. The molecule has 0 amide bonds. The fourth-order valence-corrected chi connectivity index (χ4v) is 3.02. The lowest BCUT2D eigenvalue weighted by Gasteiger charge is -2.18. The molecule has 0 N–H and O–H groups in total. The zero-order valence-electron chi connectivity index (χ0n) is 14.7. The summed E-state index contributed by atoms with van der Waals surface area (Å²) in [7, 11) is 0. The smallest absolute Gasteiger partial charge is 0.120 e. The molecule has 2 rings (SSSR count). The molecule has 0 spiro atoms. The maximum Gasteiger partial charge on any atom is 0.120 e. The highest BCUT2D eigenvalue weighted by Crippen LogP contribution is 2.25. The van der Waals surface area contributed by atoms with E-state index in [4.69, 9.17) is 15.9 Å². The normalized spacial score (nSPS) is 11.1. The Balaban J connectivity index is 1.64. The predicted molar refractivity (Wildman–Crippen MR) is 106 cm³/mol. The van der Waals surface area contributed by atoms with E-state index in [1.54, 1.807) is 17.4 Å². The first-order chi connectivity index (χ1) is 12.3. The highest BCUT2D eigenvalue weighted by Gasteiger charge is 2.02. The highest BCUT2D eigenvalue weighted by molar-refractivity contribution is 7.08. The zero-order valence-corrected chi connectivity index (χ0v) is 15.5. The van der Waals surface area contributed by atoms with Gasteiger partial charge in [-0.2, -0.15) is 11.3 Å². The van der Waals surface area contributed by atoms with E-state index in [1.165, 1.54) is 11.1 Å². The molecular formula is C21H25NO2S. The Labute approximate surface area is 154 Å². The zero-order chi connectivity index (χ0) is 17.7. The molecule has 0 aliphatic rings. The maximum absolute atomic E-state index is 5.79. The van der Waals surface area contributed by atoms with Crippen LogP contribution in [0.5, 0.6) is 5.75 Å². The number of benzene rings is 1. The average Bonchev–Trinajstić information content (AvgIpc) is 3.18. The molecule has 0 radical (unpaired) electrons. The molecule has 2 aromatic rings. The molecule has 1 heterocycles. The number of ether oxygens (including phenoxy) is 2. The van der Waals surface area contributed by atoms with Crippen molar-refractivity contribution >= 4 is 11.3 Å². The van der Waals surface area contributed by atoms with Crippen molar-refractivity contribution in [3.63, 3.8) is 0 Å². The number of terminal acetylenes is 1. The molecule has 3 nitrogen and oxygen atoms in total. The molecule has 0 atom stereocenters. The Hall–Kier alpha value is -2.06. The fraction of sp³-hybridized carbons (Fsp3) is 0.333. The van der Waals surface area contributed by atoms with E-state index in [0.717, 1.165) is 25.4 Å². The molecule has 0 saturated heterocycles. The summed E-state index contributed by atoms with van der Waals surface area (Å²) in [5.74, 6) is 3.38. The Morgan fingerprint density at radius 2 is 2.12 bits per heavy atom. The van der Waals surface area contributed by atoms with Crippen molar-refractivity contribution in [1.82, 2.24) is 4.90 Å². The van der Waals surface area contributed by atoms with Gasteiger partial charge in [0.15, 0.2) is 0 Å². The minimum atomic E-state index is 0.552. The van der Waals surface area contributed by atoms with Gasteiger partial charge >= 0.3 is 0 Å². The standard InChI is InChI=1S/C21H25NO2S/c1-3-5-6-11-22(4-2)12-13-23-14-15-24-21-9-7-8-19(17-21)20-10-16-25-18-20/h1,5-10,16-18H,4,11-15H2,2H3/b6-5+. The molecule has 0 saturated carbocycles. The lowest BCUT2D eigenvalue weighted by molar-refractivity contribution is 0.0832. The van der Waals surface area contributed by atoms with Crippen molar-refractivity contribution in [2.24, 2.45) is 0 Å². The van der Waals surface area contributed by atoms with Crippen LogP contribution in [0.1, 0.15) is 6.92 Å². The quantitative estimate of drug-likeness (QED) is 0.442. The summed E-state index contributed by atoms with van der Waals surface area (Å²) in [5.41, 5.74) is 2.41. The molecule has 25 heavy (non-hydrogen) atoms. The van der Waals surface area contributed by atoms with Crippen molar-refractivity contribution in [1.29, 1.82) is 0 Å². The Morgan fingerprint density at radius 3 is 2.88 bits per heavy atom. The lowest BCUT2D eigenvalue weighted by atomic mass is 10.1. The minimum absolute atomic E-state index is 0.552. The number of thiophene rings is 1. The molecule has 4 heteroatoms. The van der Waals surface area contributed by atoms with Gasteiger partial charge in [-0.3, -0.25) is 4.90 Å². The SMILES string of the molecule is C#C/C=C/CN(CC)CCOCCOc1cccc(-c2ccsc2)c1. The molecular weight excluding hydrogens is 330 g/mol. The number of hydrogen-bond donors (Lipinski definition) is 0. The van der Waals surface area contributed by atoms with Crippen LogP contribution in [0.15, 0.2) is 53.2 Å². The predicted octanol–water partition coefficient (Wildman–Crippen LogP) is 4.32. The van der Waals surface area contributed by atoms with E-state index < -0.39 is 0 Å². The topological polar surface area (TPSA) is 21.7 Å². The van der Waals surface area contributed by atoms with Crippen LogP contribution in [-0.4, -0.2) is 44.4 Å². The second-order valence-corrected chi connectivity index (χ2v) is 6.24. The molecule has 132 valence electrons. The third-order valence-corrected chi connectivity index (χ3v) is 4.44. The summed E-state index contributed by atoms with van der Waals surface area (Å²) in [5, 5.41) is 4.22. The van der Waals surface area contributed by atoms with Gasteiger partial charge in [0.2, 0.25) is 0 Å². The summed E-state index contributed by atoms with van der Waals surface area (Å²) in [6.45, 7) is 6.68. The van der Waals surface area contributed by atoms with E-state index in [-0.39, 0.29) is 0 Å². The van der Waals surface area contributed by atoms with Crippen molar-refractivity contribution in [2.45, 2.75) is 6.92 Å². The largest absolute Gasteiger partial charge is 0.491 e. The van der Waals surface area contributed by atoms with Crippen LogP contribution >= 0.6 is 11.3 Å². The first kappa shape index (κ1) is 19.3. The van der Waals surface area contributed by atoms with E-state index in [0.29, 0.717) is 19.8 Å². The van der Waals surface area contributed by atoms with Gasteiger partial charge in [-0.1, -0.05) is 31.1 Å². The summed E-state index contributed by atoms with van der Waals surface area (Å²) >= 11 is 1.70. The number of nitrogens with zero attached hydrogens (tertiary/aromatic N) is 1. The monoisotopic (exact) mass is 355 g/mol. The van der Waals surface area contributed by atoms with E-state index in [1.807, 2.05) is 18.2 Å². The van der Waals surface area contributed by atoms with Crippen LogP contribution in [0.2, 0.25) is 0 Å². The lowest BCUT2D eigenvalue weighted by Crippen LogP contribution is -2.28. The van der Waals surface area contributed by atoms with Crippen molar-refractivity contribution in [2.75, 3.05) is 39.5 Å². The maximum atomic E-state index is 5.79. The number of allylic oxidation sites excluding steroid dienone is 1. The van der Waals surface area contributed by atoms with Gasteiger partial charge in [-0.05, 0) is 52.7 Å². The second-order valence-electron chi connectivity index (χ2n) is 5.46. The molecule has 1 aromatic heterocycles. The van der Waals surface area contributed by atoms with Crippen LogP contribution in [0, 0.1) is 12.3 Å². The van der Waals surface area contributed by atoms with Crippen LogP contribution in [0.25, 0.3) is 11.1 Å². The Morgan fingerprint density at radius 1 is 1.20 bits per heavy atom. The van der Waals surface area contributed by atoms with Gasteiger partial charge in [0.1, 0.15) is 12.4 Å². The third-order valence-electron chi connectivity index (χ3n) is 3.76. The van der Waals surface area contributed by atoms with Crippen LogP contribution in [-0.2, 0) is 4.74 Å². The van der Waals surface area contributed by atoms with Gasteiger partial charge in [0, 0.05) is 13.1 Å². The molecule has 1 aromatic carbocycles. The van der Waals surface area contributed by atoms with E-state index >= 15 is 0 Å². The average molecular weight is 356 g/mol. The molecule has 0 aliphatic heterocycles. The first-order valence-electron chi connectivity index (χ1n) is 8.50. The molecule has 0 fully saturated rings. The van der Waals surface area contributed by atoms with Crippen LogP contribution in [0.3, 0.4) is 0 Å². The van der Waals surface area contributed by atoms with Crippen molar-refractivity contribution in [3.05, 3.63) is 53.2 Å².